The second kappa shape index (κ2) is 2.73. The van der Waals surface area contributed by atoms with Crippen LogP contribution in [-0.2, 0) is 0 Å². The van der Waals surface area contributed by atoms with Crippen LogP contribution in [0.1, 0.15) is 20.7 Å². The number of rotatable bonds is 1. The fourth-order valence-corrected chi connectivity index (χ4v) is 1.36. The molecule has 0 unspecified atom stereocenters. The molecule has 0 bridgehead atoms. The number of ether oxygens (including phenoxy) is 1. The van der Waals surface area contributed by atoms with Gasteiger partial charge in [-0.15, -0.1) is 0 Å². The molecule has 1 aromatic rings. The maximum absolute atomic E-state index is 11.2. The van der Waals surface area contributed by atoms with Gasteiger partial charge in [-0.1, -0.05) is 0 Å². The molecule has 5 heteroatoms. The van der Waals surface area contributed by atoms with E-state index in [1.807, 2.05) is 0 Å². The van der Waals surface area contributed by atoms with Crippen molar-refractivity contribution in [3.05, 3.63) is 23.3 Å². The highest BCUT2D eigenvalue weighted by Gasteiger charge is 2.29. The summed E-state index contributed by atoms with van der Waals surface area (Å²) in [4.78, 5) is 21.9. The molecule has 1 heterocycles. The third-order valence-corrected chi connectivity index (χ3v) is 2.00. The van der Waals surface area contributed by atoms with Crippen LogP contribution in [0.5, 0.6) is 11.5 Å². The van der Waals surface area contributed by atoms with E-state index in [0.717, 1.165) is 0 Å². The Hall–Kier alpha value is -2.04. The summed E-state index contributed by atoms with van der Waals surface area (Å²) in [5.74, 6) is -2.02. The first-order valence-electron chi connectivity index (χ1n) is 3.86. The molecule has 1 aliphatic heterocycles. The highest BCUT2D eigenvalue weighted by molar-refractivity contribution is 6.07. The second-order valence-electron chi connectivity index (χ2n) is 2.85. The van der Waals surface area contributed by atoms with E-state index in [0.29, 0.717) is 0 Å². The summed E-state index contributed by atoms with van der Waals surface area (Å²) < 4.78 is 4.89. The normalized spacial score (nSPS) is 13.6. The van der Waals surface area contributed by atoms with Gasteiger partial charge in [0.1, 0.15) is 17.1 Å². The summed E-state index contributed by atoms with van der Waals surface area (Å²) in [5, 5.41) is 18.0. The van der Waals surface area contributed by atoms with Gasteiger partial charge in [0.05, 0.1) is 5.56 Å². The topological polar surface area (TPSA) is 83.8 Å². The predicted molar refractivity (Wildman–Crippen MR) is 44.9 cm³/mol. The van der Waals surface area contributed by atoms with Gasteiger partial charge in [0.15, 0.2) is 6.61 Å². The van der Waals surface area contributed by atoms with Gasteiger partial charge in [-0.2, -0.15) is 0 Å². The average Bonchev–Trinajstić information content (AvgIpc) is 2.47. The lowest BCUT2D eigenvalue weighted by molar-refractivity contribution is 0.0688. The molecule has 0 amide bonds. The standard InChI is InChI=1S/C9H6O5/c10-5-2-1-4-6(11)3-14-8(4)7(5)9(12)13/h1-2,10H,3H2,(H,12,13). The van der Waals surface area contributed by atoms with Crippen molar-refractivity contribution in [2.24, 2.45) is 0 Å². The predicted octanol–water partition coefficient (Wildman–Crippen LogP) is 0.665. The number of carbonyl (C=O) groups is 2. The smallest absolute Gasteiger partial charge is 0.343 e. The van der Waals surface area contributed by atoms with Gasteiger partial charge in [-0.05, 0) is 12.1 Å². The molecular formula is C9H6O5. The molecule has 0 aliphatic carbocycles. The third-order valence-electron chi connectivity index (χ3n) is 2.00. The van der Waals surface area contributed by atoms with E-state index in [4.69, 9.17) is 9.84 Å². The van der Waals surface area contributed by atoms with E-state index < -0.39 is 11.7 Å². The molecule has 2 rings (SSSR count). The van der Waals surface area contributed by atoms with Crippen LogP contribution in [-0.4, -0.2) is 28.6 Å². The maximum Gasteiger partial charge on any atom is 0.343 e. The van der Waals surface area contributed by atoms with Gasteiger partial charge in [0.25, 0.3) is 0 Å². The van der Waals surface area contributed by atoms with Crippen LogP contribution in [0.15, 0.2) is 12.1 Å². The van der Waals surface area contributed by atoms with Crippen LogP contribution in [0.3, 0.4) is 0 Å². The lowest BCUT2D eigenvalue weighted by Crippen LogP contribution is -2.00. The molecule has 0 radical (unpaired) electrons. The van der Waals surface area contributed by atoms with E-state index in [2.05, 4.69) is 0 Å². The minimum absolute atomic E-state index is 0.0394. The Kier molecular flexibility index (Phi) is 1.67. The van der Waals surface area contributed by atoms with Crippen molar-refractivity contribution < 1.29 is 24.5 Å². The molecule has 0 saturated heterocycles. The minimum Gasteiger partial charge on any atom is -0.507 e. The van der Waals surface area contributed by atoms with Crippen LogP contribution in [0.25, 0.3) is 0 Å². The first-order chi connectivity index (χ1) is 6.61. The number of ketones is 1. The summed E-state index contributed by atoms with van der Waals surface area (Å²) in [7, 11) is 0. The van der Waals surface area contributed by atoms with Crippen LogP contribution in [0.4, 0.5) is 0 Å². The van der Waals surface area contributed by atoms with Crippen molar-refractivity contribution in [2.75, 3.05) is 6.61 Å². The van der Waals surface area contributed by atoms with Crippen molar-refractivity contribution in [1.82, 2.24) is 0 Å². The molecule has 1 aliphatic rings. The highest BCUT2D eigenvalue weighted by atomic mass is 16.5. The first-order valence-corrected chi connectivity index (χ1v) is 3.86. The molecule has 1 aromatic carbocycles. The van der Waals surface area contributed by atoms with Crippen molar-refractivity contribution in [3.63, 3.8) is 0 Å². The Labute approximate surface area is 78.5 Å². The molecule has 5 nitrogen and oxygen atoms in total. The highest BCUT2D eigenvalue weighted by Crippen LogP contribution is 2.35. The van der Waals surface area contributed by atoms with Crippen LogP contribution in [0.2, 0.25) is 0 Å². The fraction of sp³-hybridized carbons (Fsp3) is 0.111. The SMILES string of the molecule is O=C1COc2c1ccc(O)c2C(=O)O. The molecule has 0 fully saturated rings. The van der Waals surface area contributed by atoms with Crippen LogP contribution < -0.4 is 4.74 Å². The van der Waals surface area contributed by atoms with Crippen molar-refractivity contribution in [2.45, 2.75) is 0 Å². The summed E-state index contributed by atoms with van der Waals surface area (Å²) in [6.45, 7) is -0.168. The molecule has 0 aromatic heterocycles. The molecular weight excluding hydrogens is 188 g/mol. The maximum atomic E-state index is 11.2. The Morgan fingerprint density at radius 1 is 1.43 bits per heavy atom. The number of carboxylic acid groups (broad SMARTS) is 1. The monoisotopic (exact) mass is 194 g/mol. The molecule has 2 N–H and O–H groups in total. The molecule has 72 valence electrons. The number of hydrogen-bond acceptors (Lipinski definition) is 4. The van der Waals surface area contributed by atoms with Crippen molar-refractivity contribution in [1.29, 1.82) is 0 Å². The summed E-state index contributed by atoms with van der Waals surface area (Å²) in [5.41, 5.74) is -0.145. The number of benzene rings is 1. The van der Waals surface area contributed by atoms with Gasteiger partial charge in [-0.3, -0.25) is 4.79 Å². The summed E-state index contributed by atoms with van der Waals surface area (Å²) >= 11 is 0. The van der Waals surface area contributed by atoms with Crippen molar-refractivity contribution in [3.8, 4) is 11.5 Å². The lowest BCUT2D eigenvalue weighted by atomic mass is 10.1. The van der Waals surface area contributed by atoms with E-state index >= 15 is 0 Å². The number of aromatic hydroxyl groups is 1. The number of carboxylic acids is 1. The average molecular weight is 194 g/mol. The van der Waals surface area contributed by atoms with E-state index in [9.17, 15) is 14.7 Å². The van der Waals surface area contributed by atoms with Gasteiger partial charge in [0.2, 0.25) is 5.78 Å². The van der Waals surface area contributed by atoms with Crippen LogP contribution >= 0.6 is 0 Å². The Morgan fingerprint density at radius 3 is 2.79 bits per heavy atom. The molecule has 14 heavy (non-hydrogen) atoms. The number of phenols is 1. The number of aromatic carboxylic acids is 1. The fourth-order valence-electron chi connectivity index (χ4n) is 1.36. The zero-order valence-corrected chi connectivity index (χ0v) is 6.98. The quantitative estimate of drug-likeness (QED) is 0.686. The molecule has 0 spiro atoms. The van der Waals surface area contributed by atoms with Gasteiger partial charge >= 0.3 is 5.97 Å². The molecule has 0 atom stereocenters. The number of hydrogen-bond donors (Lipinski definition) is 2. The third kappa shape index (κ3) is 1.02. The zero-order chi connectivity index (χ0) is 10.3. The zero-order valence-electron chi connectivity index (χ0n) is 6.98. The van der Waals surface area contributed by atoms with Gasteiger partial charge in [0, 0.05) is 0 Å². The Bertz CT molecular complexity index is 435. The summed E-state index contributed by atoms with van der Waals surface area (Å²) in [6, 6.07) is 2.53. The second-order valence-corrected chi connectivity index (χ2v) is 2.85. The molecule has 0 saturated carbocycles. The Balaban J connectivity index is 2.71. The van der Waals surface area contributed by atoms with Crippen LogP contribution in [0, 0.1) is 0 Å². The lowest BCUT2D eigenvalue weighted by Gasteiger charge is -2.04. The summed E-state index contributed by atoms with van der Waals surface area (Å²) in [6.07, 6.45) is 0. The number of fused-ring (bicyclic) bond motifs is 1. The van der Waals surface area contributed by atoms with E-state index in [1.165, 1.54) is 12.1 Å². The first kappa shape index (κ1) is 8.55. The number of Topliss-reactive ketones (excluding diaryl/α,β-unsaturated/α-hetero) is 1. The largest absolute Gasteiger partial charge is 0.507 e. The van der Waals surface area contributed by atoms with Gasteiger partial charge in [-0.25, -0.2) is 4.79 Å². The minimum atomic E-state index is -1.31. The van der Waals surface area contributed by atoms with Crippen molar-refractivity contribution >= 4 is 11.8 Å². The number of carbonyl (C=O) groups excluding carboxylic acids is 1. The van der Waals surface area contributed by atoms with E-state index in [1.54, 1.807) is 0 Å². The Morgan fingerprint density at radius 2 is 2.14 bits per heavy atom. The van der Waals surface area contributed by atoms with Gasteiger partial charge < -0.3 is 14.9 Å². The van der Waals surface area contributed by atoms with E-state index in [-0.39, 0.29) is 29.3 Å².